The van der Waals surface area contributed by atoms with Crippen LogP contribution in [0.25, 0.3) is 0 Å². The lowest BCUT2D eigenvalue weighted by molar-refractivity contribution is -0.138. The van der Waals surface area contributed by atoms with Crippen LogP contribution in [-0.4, -0.2) is 77.4 Å². The average Bonchev–Trinajstić information content (AvgIpc) is 3.15. The first-order valence-electron chi connectivity index (χ1n) is 7.49. The summed E-state index contributed by atoms with van der Waals surface area (Å²) in [6.45, 7) is 1.79. The van der Waals surface area contributed by atoms with E-state index >= 15 is 0 Å². The minimum Gasteiger partial charge on any atom is -0.340 e. The molecule has 0 spiro atoms. The number of carbonyl (C=O) groups is 2. The van der Waals surface area contributed by atoms with E-state index in [1.54, 1.807) is 9.80 Å². The summed E-state index contributed by atoms with van der Waals surface area (Å²) in [5.41, 5.74) is 6.04. The largest absolute Gasteiger partial charge is 0.340 e. The number of hydrogen-bond acceptors (Lipinski definition) is 5. The lowest BCUT2D eigenvalue weighted by Gasteiger charge is -2.33. The number of hydrogen-bond donors (Lipinski definition) is 1. The van der Waals surface area contributed by atoms with Gasteiger partial charge in [0.15, 0.2) is 0 Å². The Morgan fingerprint density at radius 2 is 2.33 bits per heavy atom. The second-order valence-corrected chi connectivity index (χ2v) is 6.23. The van der Waals surface area contributed by atoms with Gasteiger partial charge in [0, 0.05) is 32.7 Å². The molecule has 4 atom stereocenters. The molecular weight excluding hydrogens is 270 g/mol. The Hall–Kier alpha value is -1.65. The van der Waals surface area contributed by atoms with Crippen LogP contribution in [0.3, 0.4) is 0 Å². The molecule has 0 aromatic carbocycles. The summed E-state index contributed by atoms with van der Waals surface area (Å²) < 4.78 is 0. The molecule has 0 radical (unpaired) electrons. The Labute approximate surface area is 124 Å². The van der Waals surface area contributed by atoms with E-state index in [0.29, 0.717) is 13.1 Å². The van der Waals surface area contributed by atoms with E-state index in [0.717, 1.165) is 25.8 Å². The predicted molar refractivity (Wildman–Crippen MR) is 74.9 cm³/mol. The lowest BCUT2D eigenvalue weighted by atomic mass is 10.2. The van der Waals surface area contributed by atoms with Crippen molar-refractivity contribution in [1.82, 2.24) is 14.7 Å². The van der Waals surface area contributed by atoms with Gasteiger partial charge in [-0.05, 0) is 19.3 Å². The van der Waals surface area contributed by atoms with Gasteiger partial charge in [-0.1, -0.05) is 0 Å². The second kappa shape index (κ2) is 5.28. The number of likely N-dealkylation sites (tertiary alicyclic amines) is 3. The molecule has 3 fully saturated rings. The molecule has 114 valence electrons. The maximum atomic E-state index is 12.4. The number of piperazine rings is 1. The van der Waals surface area contributed by atoms with Crippen molar-refractivity contribution >= 4 is 11.8 Å². The number of amides is 2. The van der Waals surface area contributed by atoms with E-state index in [1.165, 1.54) is 0 Å². The highest BCUT2D eigenvalue weighted by Gasteiger charge is 2.48. The van der Waals surface area contributed by atoms with Crippen molar-refractivity contribution < 1.29 is 9.59 Å². The molecule has 0 aromatic heterocycles. The van der Waals surface area contributed by atoms with Gasteiger partial charge < -0.3 is 15.5 Å². The molecule has 0 aliphatic carbocycles. The van der Waals surface area contributed by atoms with Crippen LogP contribution in [0.5, 0.6) is 0 Å². The fourth-order valence-electron chi connectivity index (χ4n) is 3.74. The SMILES string of the molecule is CN1C(=O)[C@@H]2CC1CN2C[C@H](N)C(=O)N1CCC[C@H]1C#N. The Balaban J connectivity index is 1.60. The summed E-state index contributed by atoms with van der Waals surface area (Å²) in [7, 11) is 1.83. The summed E-state index contributed by atoms with van der Waals surface area (Å²) >= 11 is 0. The predicted octanol–water partition coefficient (Wildman–Crippen LogP) is -1.26. The molecule has 3 aliphatic rings. The molecule has 2 amide bonds. The molecule has 3 saturated heterocycles. The Morgan fingerprint density at radius 3 is 2.95 bits per heavy atom. The number of nitriles is 1. The standard InChI is InChI=1S/C14H21N5O2/c1-17-10-5-12(14(17)21)18(7-10)8-11(16)13(20)19-4-2-3-9(19)6-15/h9-12H,2-5,7-8,16H2,1H3/t9-,10?,11-,12-/m0/s1. The minimum atomic E-state index is -0.656. The summed E-state index contributed by atoms with van der Waals surface area (Å²) in [6.07, 6.45) is 2.42. The Bertz CT molecular complexity index is 502. The van der Waals surface area contributed by atoms with E-state index < -0.39 is 6.04 Å². The molecule has 3 rings (SSSR count). The lowest BCUT2D eigenvalue weighted by Crippen LogP contribution is -2.55. The van der Waals surface area contributed by atoms with Gasteiger partial charge in [-0.25, -0.2) is 0 Å². The van der Waals surface area contributed by atoms with Gasteiger partial charge >= 0.3 is 0 Å². The number of nitrogens with zero attached hydrogens (tertiary/aromatic N) is 4. The first kappa shape index (κ1) is 14.3. The maximum absolute atomic E-state index is 12.4. The fourth-order valence-corrected chi connectivity index (χ4v) is 3.74. The van der Waals surface area contributed by atoms with Gasteiger partial charge in [0.25, 0.3) is 0 Å². The van der Waals surface area contributed by atoms with Crippen molar-refractivity contribution in [1.29, 1.82) is 5.26 Å². The normalized spacial score (nSPS) is 33.6. The Morgan fingerprint density at radius 1 is 1.57 bits per heavy atom. The molecule has 7 nitrogen and oxygen atoms in total. The van der Waals surface area contributed by atoms with E-state index in [2.05, 4.69) is 6.07 Å². The number of fused-ring (bicyclic) bond motifs is 2. The van der Waals surface area contributed by atoms with E-state index in [9.17, 15) is 9.59 Å². The van der Waals surface area contributed by atoms with Gasteiger partial charge in [0.1, 0.15) is 6.04 Å². The van der Waals surface area contributed by atoms with Gasteiger partial charge in [0.2, 0.25) is 11.8 Å². The number of nitrogens with two attached hydrogens (primary N) is 1. The average molecular weight is 291 g/mol. The van der Waals surface area contributed by atoms with Crippen molar-refractivity contribution in [2.75, 3.05) is 26.7 Å². The second-order valence-electron chi connectivity index (χ2n) is 6.23. The first-order chi connectivity index (χ1) is 10.0. The van der Waals surface area contributed by atoms with E-state index in [1.807, 2.05) is 11.9 Å². The summed E-state index contributed by atoms with van der Waals surface area (Å²) in [6, 6.07) is 1.29. The van der Waals surface area contributed by atoms with Crippen LogP contribution < -0.4 is 5.73 Å². The van der Waals surface area contributed by atoms with Crippen LogP contribution in [0, 0.1) is 11.3 Å². The molecule has 2 bridgehead atoms. The van der Waals surface area contributed by atoms with Crippen LogP contribution in [0.1, 0.15) is 19.3 Å². The molecule has 21 heavy (non-hydrogen) atoms. The summed E-state index contributed by atoms with van der Waals surface area (Å²) in [4.78, 5) is 29.8. The highest BCUT2D eigenvalue weighted by atomic mass is 16.2. The molecule has 2 N–H and O–H groups in total. The van der Waals surface area contributed by atoms with Crippen molar-refractivity contribution in [2.45, 2.75) is 43.4 Å². The smallest absolute Gasteiger partial charge is 0.241 e. The van der Waals surface area contributed by atoms with Crippen LogP contribution in [0.2, 0.25) is 0 Å². The minimum absolute atomic E-state index is 0.121. The molecule has 0 aromatic rings. The monoisotopic (exact) mass is 291 g/mol. The Kier molecular flexibility index (Phi) is 3.59. The van der Waals surface area contributed by atoms with Gasteiger partial charge in [-0.3, -0.25) is 14.5 Å². The van der Waals surface area contributed by atoms with E-state index in [4.69, 9.17) is 11.0 Å². The third kappa shape index (κ3) is 2.28. The van der Waals surface area contributed by atoms with Crippen molar-refractivity contribution in [3.63, 3.8) is 0 Å². The molecule has 3 aliphatic heterocycles. The van der Waals surface area contributed by atoms with Gasteiger partial charge in [-0.15, -0.1) is 0 Å². The summed E-state index contributed by atoms with van der Waals surface area (Å²) in [5.74, 6) is -0.0374. The number of rotatable bonds is 3. The zero-order valence-corrected chi connectivity index (χ0v) is 12.2. The zero-order chi connectivity index (χ0) is 15.1. The fraction of sp³-hybridized carbons (Fsp3) is 0.786. The van der Waals surface area contributed by atoms with Crippen molar-refractivity contribution in [3.8, 4) is 6.07 Å². The molecule has 0 saturated carbocycles. The first-order valence-corrected chi connectivity index (χ1v) is 7.49. The maximum Gasteiger partial charge on any atom is 0.241 e. The van der Waals surface area contributed by atoms with Crippen molar-refractivity contribution in [2.24, 2.45) is 5.73 Å². The molecule has 7 heteroatoms. The molecule has 1 unspecified atom stereocenters. The zero-order valence-electron chi connectivity index (χ0n) is 12.2. The van der Waals surface area contributed by atoms with Crippen LogP contribution in [-0.2, 0) is 9.59 Å². The topological polar surface area (TPSA) is 93.7 Å². The van der Waals surface area contributed by atoms with Crippen LogP contribution in [0.15, 0.2) is 0 Å². The molecular formula is C14H21N5O2. The van der Waals surface area contributed by atoms with Gasteiger partial charge in [0.05, 0.1) is 18.2 Å². The number of carbonyl (C=O) groups excluding carboxylic acids is 2. The van der Waals surface area contributed by atoms with E-state index in [-0.39, 0.29) is 29.9 Å². The third-order valence-electron chi connectivity index (χ3n) is 5.00. The van der Waals surface area contributed by atoms with Crippen LogP contribution >= 0.6 is 0 Å². The number of likely N-dealkylation sites (N-methyl/N-ethyl adjacent to an activating group) is 1. The van der Waals surface area contributed by atoms with Crippen molar-refractivity contribution in [3.05, 3.63) is 0 Å². The van der Waals surface area contributed by atoms with Gasteiger partial charge in [-0.2, -0.15) is 5.26 Å². The third-order valence-corrected chi connectivity index (χ3v) is 5.00. The highest BCUT2D eigenvalue weighted by molar-refractivity contribution is 5.86. The van der Waals surface area contributed by atoms with Crippen LogP contribution in [0.4, 0.5) is 0 Å². The molecule has 3 heterocycles. The quantitative estimate of drug-likeness (QED) is 0.701. The highest BCUT2D eigenvalue weighted by Crippen LogP contribution is 2.30. The summed E-state index contributed by atoms with van der Waals surface area (Å²) in [5, 5.41) is 9.06.